The molecule has 9 atom stereocenters. The Hall–Kier alpha value is -3.49. The van der Waals surface area contributed by atoms with Crippen molar-refractivity contribution in [2.24, 2.45) is 56.7 Å². The van der Waals surface area contributed by atoms with Crippen molar-refractivity contribution < 1.29 is 33.8 Å². The van der Waals surface area contributed by atoms with E-state index < -0.39 is 11.4 Å². The van der Waals surface area contributed by atoms with E-state index in [0.717, 1.165) is 63.2 Å². The van der Waals surface area contributed by atoms with Crippen molar-refractivity contribution in [3.63, 3.8) is 0 Å². The van der Waals surface area contributed by atoms with E-state index in [9.17, 15) is 24.0 Å². The molecule has 3 N–H and O–H groups in total. The number of fused-ring (bicyclic) bond motifs is 7. The molecule has 2 amide bonds. The number of carboxylic acids is 1. The Labute approximate surface area is 349 Å². The lowest BCUT2D eigenvalue weighted by Crippen LogP contribution is -2.64. The second-order valence-electron chi connectivity index (χ2n) is 19.8. The average molecular weight is 805 g/mol. The summed E-state index contributed by atoms with van der Waals surface area (Å²) in [6.45, 7) is 23.1. The van der Waals surface area contributed by atoms with Gasteiger partial charge in [0, 0.05) is 29.5 Å². The summed E-state index contributed by atoms with van der Waals surface area (Å²) in [5.74, 6) is 1.31. The predicted octanol–water partition coefficient (Wildman–Crippen LogP) is 9.76. The lowest BCUT2D eigenvalue weighted by molar-refractivity contribution is -0.221. The highest BCUT2D eigenvalue weighted by Crippen LogP contribution is 2.73. The summed E-state index contributed by atoms with van der Waals surface area (Å²) in [6, 6.07) is 7.36. The zero-order valence-corrected chi connectivity index (χ0v) is 37.3. The minimum absolute atomic E-state index is 0.0729. The molecule has 1 aromatic carbocycles. The Kier molecular flexibility index (Phi) is 15.7. The van der Waals surface area contributed by atoms with Gasteiger partial charge in [0.15, 0.2) is 0 Å². The first-order valence-corrected chi connectivity index (χ1v) is 22.5. The molecule has 9 heteroatoms. The molecule has 5 aliphatic carbocycles. The highest BCUT2D eigenvalue weighted by molar-refractivity contribution is 5.95. The first-order chi connectivity index (χ1) is 27.4. The van der Waals surface area contributed by atoms with Crippen LogP contribution < -0.4 is 10.6 Å². The maximum absolute atomic E-state index is 14.3. The van der Waals surface area contributed by atoms with Gasteiger partial charge in [-0.3, -0.25) is 19.2 Å². The minimum Gasteiger partial charge on any atom is -0.481 e. The van der Waals surface area contributed by atoms with E-state index in [2.05, 4.69) is 44.9 Å². The Morgan fingerprint density at radius 2 is 1.53 bits per heavy atom. The molecule has 0 aromatic heterocycles. The van der Waals surface area contributed by atoms with Crippen LogP contribution in [0.3, 0.4) is 0 Å². The summed E-state index contributed by atoms with van der Waals surface area (Å²) in [7, 11) is 0. The standard InChI is InChI=1S/C44H64N2O7.C3H6.C2H6/c1-40(2,27-47)26-37(50)53-35-17-22-43(6)33(41(35,3)4)16-21-42(5)31-15-23-44(20-9-12-32(44)30(31)13-14-34(42)43)39(52)46-24-18-28-10-7-8-11-29(28)38(51)45-25-19-36(48)49;1-3-2;1-2/h7-8,10-11,27,30-35H,9,12-26H2,1-6H3,(H,45,51)(H,46,52)(H,48,49);3H,1H2,2H3;1-2H3/t30?,31?,32?,33?,34?,35-,42?,43-,44?;;/m0../s1. The Bertz CT molecular complexity index is 1640. The van der Waals surface area contributed by atoms with Crippen LogP contribution in [0.5, 0.6) is 0 Å². The molecule has 6 rings (SSSR count). The van der Waals surface area contributed by atoms with Crippen LogP contribution in [0, 0.1) is 56.7 Å². The Morgan fingerprint density at radius 3 is 2.21 bits per heavy atom. The molecule has 5 aliphatic rings. The van der Waals surface area contributed by atoms with Crippen molar-refractivity contribution in [1.82, 2.24) is 10.6 Å². The molecule has 0 bridgehead atoms. The molecular formula is C49H76N2O7. The van der Waals surface area contributed by atoms with Gasteiger partial charge >= 0.3 is 11.9 Å². The second-order valence-corrected chi connectivity index (χ2v) is 19.8. The van der Waals surface area contributed by atoms with E-state index in [-0.39, 0.29) is 64.9 Å². The van der Waals surface area contributed by atoms with Crippen LogP contribution in [-0.2, 0) is 30.3 Å². The number of nitrogens with one attached hydrogen (secondary N) is 2. The number of allylic oxidation sites excluding steroid dienone is 1. The number of hydrogen-bond donors (Lipinski definition) is 3. The summed E-state index contributed by atoms with van der Waals surface area (Å²) in [5.41, 5.74) is 0.570. The van der Waals surface area contributed by atoms with Gasteiger partial charge in [-0.1, -0.05) is 86.1 Å². The van der Waals surface area contributed by atoms with Crippen molar-refractivity contribution in [2.45, 2.75) is 158 Å². The molecule has 0 radical (unpaired) electrons. The minimum atomic E-state index is -0.954. The van der Waals surface area contributed by atoms with Gasteiger partial charge < -0.3 is 25.3 Å². The number of carbonyl (C=O) groups excluding carboxylic acids is 4. The third kappa shape index (κ3) is 9.44. The molecule has 0 saturated heterocycles. The molecule has 5 saturated carbocycles. The summed E-state index contributed by atoms with van der Waals surface area (Å²) in [4.78, 5) is 62.5. The lowest BCUT2D eigenvalue weighted by Gasteiger charge is -2.69. The van der Waals surface area contributed by atoms with Gasteiger partial charge in [0.05, 0.1) is 18.3 Å². The quantitative estimate of drug-likeness (QED) is 0.109. The number of hydrogen-bond acceptors (Lipinski definition) is 6. The van der Waals surface area contributed by atoms with Gasteiger partial charge in [-0.05, 0) is 130 Å². The van der Waals surface area contributed by atoms with Crippen molar-refractivity contribution in [1.29, 1.82) is 0 Å². The van der Waals surface area contributed by atoms with Crippen molar-refractivity contribution in [3.05, 3.63) is 48.0 Å². The summed E-state index contributed by atoms with van der Waals surface area (Å²) in [6.07, 6.45) is 14.8. The zero-order chi connectivity index (χ0) is 43.1. The highest BCUT2D eigenvalue weighted by Gasteiger charge is 2.67. The third-order valence-corrected chi connectivity index (χ3v) is 15.7. The third-order valence-electron chi connectivity index (χ3n) is 15.7. The van der Waals surface area contributed by atoms with Crippen molar-refractivity contribution >= 4 is 30.0 Å². The normalized spacial score (nSPS) is 33.0. The lowest BCUT2D eigenvalue weighted by atomic mass is 9.36. The first kappa shape index (κ1) is 47.2. The van der Waals surface area contributed by atoms with Crippen molar-refractivity contribution in [3.8, 4) is 0 Å². The topological polar surface area (TPSA) is 139 Å². The van der Waals surface area contributed by atoms with E-state index in [4.69, 9.17) is 9.84 Å². The van der Waals surface area contributed by atoms with Crippen LogP contribution in [0.15, 0.2) is 36.9 Å². The van der Waals surface area contributed by atoms with Gasteiger partial charge in [-0.2, -0.15) is 0 Å². The molecule has 58 heavy (non-hydrogen) atoms. The maximum Gasteiger partial charge on any atom is 0.307 e. The summed E-state index contributed by atoms with van der Waals surface area (Å²) < 4.78 is 6.19. The smallest absolute Gasteiger partial charge is 0.307 e. The van der Waals surface area contributed by atoms with Gasteiger partial charge in [0.1, 0.15) is 12.4 Å². The molecular weight excluding hydrogens is 729 g/mol. The number of benzene rings is 1. The van der Waals surface area contributed by atoms with Crippen LogP contribution in [0.25, 0.3) is 0 Å². The molecule has 0 spiro atoms. The number of carbonyl (C=O) groups is 5. The van der Waals surface area contributed by atoms with Gasteiger partial charge in [-0.25, -0.2) is 0 Å². The highest BCUT2D eigenvalue weighted by atomic mass is 16.5. The zero-order valence-electron chi connectivity index (χ0n) is 37.3. The SMILES string of the molecule is C=CC.CC.CC(C)(C=O)CC(=O)O[C@H]1CC[C@]2(C)C3CCC4C5CCCC5(C(=O)NCCc5ccccc5C(=O)NCCC(=O)O)CCC4C3(C)CCC2C1(C)C. The summed E-state index contributed by atoms with van der Waals surface area (Å²) in [5, 5.41) is 15.0. The van der Waals surface area contributed by atoms with E-state index in [0.29, 0.717) is 48.1 Å². The predicted molar refractivity (Wildman–Crippen MR) is 230 cm³/mol. The van der Waals surface area contributed by atoms with Gasteiger partial charge in [0.25, 0.3) is 5.91 Å². The Balaban J connectivity index is 0.00000142. The van der Waals surface area contributed by atoms with E-state index >= 15 is 0 Å². The Morgan fingerprint density at radius 1 is 0.862 bits per heavy atom. The molecule has 7 unspecified atom stereocenters. The number of ether oxygens (including phenoxy) is 1. The van der Waals surface area contributed by atoms with Crippen molar-refractivity contribution in [2.75, 3.05) is 13.1 Å². The second kappa shape index (κ2) is 19.3. The first-order valence-electron chi connectivity index (χ1n) is 22.5. The number of esters is 1. The molecule has 324 valence electrons. The maximum atomic E-state index is 14.3. The molecule has 1 aromatic rings. The molecule has 0 heterocycles. The van der Waals surface area contributed by atoms with E-state index in [1.54, 1.807) is 32.1 Å². The van der Waals surface area contributed by atoms with Crippen LogP contribution >= 0.6 is 0 Å². The molecule has 9 nitrogen and oxygen atoms in total. The van der Waals surface area contributed by atoms with Crippen LogP contribution in [0.4, 0.5) is 0 Å². The average Bonchev–Trinajstić information content (AvgIpc) is 3.63. The van der Waals surface area contributed by atoms with Crippen LogP contribution in [-0.4, -0.2) is 54.3 Å². The molecule has 5 fully saturated rings. The fourth-order valence-corrected chi connectivity index (χ4v) is 13.2. The van der Waals surface area contributed by atoms with E-state index in [1.165, 1.54) is 19.3 Å². The van der Waals surface area contributed by atoms with Gasteiger partial charge in [-0.15, -0.1) is 6.58 Å². The number of aliphatic carboxylic acids is 1. The van der Waals surface area contributed by atoms with E-state index in [1.807, 2.05) is 32.9 Å². The number of aldehydes is 1. The van der Waals surface area contributed by atoms with Crippen LogP contribution in [0.2, 0.25) is 0 Å². The largest absolute Gasteiger partial charge is 0.481 e. The number of rotatable bonds is 12. The summed E-state index contributed by atoms with van der Waals surface area (Å²) >= 11 is 0. The van der Waals surface area contributed by atoms with Crippen LogP contribution in [0.1, 0.15) is 162 Å². The van der Waals surface area contributed by atoms with Gasteiger partial charge in [0.2, 0.25) is 5.91 Å². The number of carboxylic acid groups (broad SMARTS) is 1. The fraction of sp³-hybridized carbons (Fsp3) is 0.735. The monoisotopic (exact) mass is 805 g/mol. The fourth-order valence-electron chi connectivity index (χ4n) is 13.2. The number of amides is 2. The molecule has 0 aliphatic heterocycles.